The molecule has 2 aliphatic rings. The lowest BCUT2D eigenvalue weighted by Crippen LogP contribution is -2.35. The smallest absolute Gasteiger partial charge is 0.265 e. The van der Waals surface area contributed by atoms with Crippen LogP contribution in [-0.2, 0) is 0 Å². The van der Waals surface area contributed by atoms with Crippen LogP contribution in [0.15, 0.2) is 18.6 Å². The first kappa shape index (κ1) is 15.6. The van der Waals surface area contributed by atoms with E-state index in [4.69, 9.17) is 0 Å². The van der Waals surface area contributed by atoms with E-state index in [9.17, 15) is 4.79 Å². The van der Waals surface area contributed by atoms with E-state index in [0.29, 0.717) is 11.6 Å². The Balaban J connectivity index is 1.37. The van der Waals surface area contributed by atoms with Crippen LogP contribution in [0.2, 0.25) is 0 Å². The first-order valence-corrected chi connectivity index (χ1v) is 9.34. The van der Waals surface area contributed by atoms with Crippen molar-refractivity contribution in [1.29, 1.82) is 0 Å². The number of nitrogens with zero attached hydrogens (tertiary/aromatic N) is 8. The number of amides is 1. The molecule has 0 aromatic carbocycles. The standard InChI is InChI=1S/C16H18N8OS/c1-10-18-5-12(26-10)15(25)23-7-11-6-22(8-16(11,2)9-23)13-14-19-20-21-24(14)4-3-17-13/h3-5,11H,6-9H2,1-2H3/t11-,16+/m0/s1. The molecule has 2 saturated heterocycles. The highest BCUT2D eigenvalue weighted by molar-refractivity contribution is 7.13. The maximum atomic E-state index is 12.8. The normalized spacial score (nSPS) is 25.2. The van der Waals surface area contributed by atoms with Crippen molar-refractivity contribution < 1.29 is 4.79 Å². The number of likely N-dealkylation sites (tertiary alicyclic amines) is 1. The summed E-state index contributed by atoms with van der Waals surface area (Å²) in [5.41, 5.74) is 0.710. The van der Waals surface area contributed by atoms with E-state index in [2.05, 4.69) is 37.3 Å². The fraction of sp³-hybridized carbons (Fsp3) is 0.500. The summed E-state index contributed by atoms with van der Waals surface area (Å²) < 4.78 is 1.64. The zero-order chi connectivity index (χ0) is 17.9. The van der Waals surface area contributed by atoms with Gasteiger partial charge >= 0.3 is 0 Å². The zero-order valence-corrected chi connectivity index (χ0v) is 15.3. The van der Waals surface area contributed by atoms with Crippen molar-refractivity contribution in [3.8, 4) is 0 Å². The molecule has 0 aliphatic carbocycles. The van der Waals surface area contributed by atoms with Crippen LogP contribution in [0.3, 0.4) is 0 Å². The van der Waals surface area contributed by atoms with Gasteiger partial charge in [-0.25, -0.2) is 9.97 Å². The molecule has 3 aromatic heterocycles. The third kappa shape index (κ3) is 2.28. The highest BCUT2D eigenvalue weighted by atomic mass is 32.1. The molecule has 0 N–H and O–H groups in total. The van der Waals surface area contributed by atoms with Crippen LogP contribution in [-0.4, -0.2) is 67.0 Å². The minimum Gasteiger partial charge on any atom is -0.352 e. The van der Waals surface area contributed by atoms with Gasteiger partial charge in [-0.2, -0.15) is 4.52 Å². The molecule has 3 aromatic rings. The monoisotopic (exact) mass is 370 g/mol. The number of hydrogen-bond donors (Lipinski definition) is 0. The Morgan fingerprint density at radius 3 is 2.96 bits per heavy atom. The second kappa shape index (κ2) is 5.44. The second-order valence-electron chi connectivity index (χ2n) is 7.36. The van der Waals surface area contributed by atoms with Crippen LogP contribution in [0, 0.1) is 18.3 Å². The summed E-state index contributed by atoms with van der Waals surface area (Å²) >= 11 is 1.46. The van der Waals surface area contributed by atoms with Crippen molar-refractivity contribution in [3.63, 3.8) is 0 Å². The molecule has 0 spiro atoms. The van der Waals surface area contributed by atoms with Gasteiger partial charge in [0.15, 0.2) is 5.82 Å². The average molecular weight is 370 g/mol. The van der Waals surface area contributed by atoms with Crippen molar-refractivity contribution in [2.75, 3.05) is 31.1 Å². The molecule has 0 radical (unpaired) electrons. The predicted molar refractivity (Wildman–Crippen MR) is 95.1 cm³/mol. The summed E-state index contributed by atoms with van der Waals surface area (Å²) in [6.45, 7) is 7.37. The molecule has 2 fully saturated rings. The summed E-state index contributed by atoms with van der Waals surface area (Å²) in [4.78, 5) is 26.4. The van der Waals surface area contributed by atoms with Crippen molar-refractivity contribution in [3.05, 3.63) is 28.5 Å². The lowest BCUT2D eigenvalue weighted by Gasteiger charge is -2.25. The topological polar surface area (TPSA) is 92.4 Å². The number of carbonyl (C=O) groups is 1. The molecule has 9 nitrogen and oxygen atoms in total. The molecule has 1 amide bonds. The molecule has 5 rings (SSSR count). The highest BCUT2D eigenvalue weighted by Crippen LogP contribution is 2.44. The maximum absolute atomic E-state index is 12.8. The van der Waals surface area contributed by atoms with E-state index in [1.54, 1.807) is 23.1 Å². The van der Waals surface area contributed by atoms with Gasteiger partial charge in [0.2, 0.25) is 5.65 Å². The van der Waals surface area contributed by atoms with Gasteiger partial charge in [-0.15, -0.1) is 16.4 Å². The molecule has 2 aliphatic heterocycles. The Kier molecular flexibility index (Phi) is 3.27. The van der Waals surface area contributed by atoms with Crippen molar-refractivity contribution in [2.24, 2.45) is 11.3 Å². The third-order valence-electron chi connectivity index (χ3n) is 5.49. The maximum Gasteiger partial charge on any atom is 0.265 e. The first-order valence-electron chi connectivity index (χ1n) is 8.53. The minimum atomic E-state index is 0.0390. The molecule has 10 heteroatoms. The van der Waals surface area contributed by atoms with Gasteiger partial charge in [0.1, 0.15) is 4.88 Å². The van der Waals surface area contributed by atoms with Crippen LogP contribution in [0.4, 0.5) is 5.82 Å². The minimum absolute atomic E-state index is 0.0390. The Labute approximate surface area is 153 Å². The van der Waals surface area contributed by atoms with Gasteiger partial charge in [-0.05, 0) is 17.4 Å². The van der Waals surface area contributed by atoms with Gasteiger partial charge in [-0.1, -0.05) is 6.92 Å². The average Bonchev–Trinajstić information content (AvgIpc) is 3.35. The number of fused-ring (bicyclic) bond motifs is 2. The van der Waals surface area contributed by atoms with E-state index in [0.717, 1.165) is 41.9 Å². The van der Waals surface area contributed by atoms with Crippen LogP contribution >= 0.6 is 11.3 Å². The van der Waals surface area contributed by atoms with Crippen molar-refractivity contribution in [2.45, 2.75) is 13.8 Å². The summed E-state index contributed by atoms with van der Waals surface area (Å²) in [5, 5.41) is 12.7. The molecule has 0 saturated carbocycles. The van der Waals surface area contributed by atoms with Gasteiger partial charge < -0.3 is 9.80 Å². The molecule has 2 atom stereocenters. The summed E-state index contributed by atoms with van der Waals surface area (Å²) in [7, 11) is 0. The number of hydrogen-bond acceptors (Lipinski definition) is 8. The molecular weight excluding hydrogens is 352 g/mol. The lowest BCUT2D eigenvalue weighted by atomic mass is 9.83. The fourth-order valence-electron chi connectivity index (χ4n) is 4.16. The van der Waals surface area contributed by atoms with Gasteiger partial charge in [-0.3, -0.25) is 4.79 Å². The van der Waals surface area contributed by atoms with E-state index in [-0.39, 0.29) is 11.3 Å². The van der Waals surface area contributed by atoms with E-state index in [1.807, 2.05) is 11.8 Å². The molecule has 0 unspecified atom stereocenters. The van der Waals surface area contributed by atoms with Crippen LogP contribution in [0.1, 0.15) is 21.6 Å². The second-order valence-corrected chi connectivity index (χ2v) is 8.59. The van der Waals surface area contributed by atoms with E-state index >= 15 is 0 Å². The largest absolute Gasteiger partial charge is 0.352 e. The quantitative estimate of drug-likeness (QED) is 0.661. The number of anilines is 1. The summed E-state index contributed by atoms with van der Waals surface area (Å²) in [6.07, 6.45) is 5.15. The van der Waals surface area contributed by atoms with E-state index < -0.39 is 0 Å². The van der Waals surface area contributed by atoms with Crippen LogP contribution < -0.4 is 4.90 Å². The van der Waals surface area contributed by atoms with Crippen molar-refractivity contribution in [1.82, 2.24) is 34.9 Å². The van der Waals surface area contributed by atoms with Gasteiger partial charge in [0.25, 0.3) is 5.91 Å². The molecule has 5 heterocycles. The van der Waals surface area contributed by atoms with Crippen molar-refractivity contribution >= 4 is 28.7 Å². The van der Waals surface area contributed by atoms with Gasteiger partial charge in [0, 0.05) is 43.7 Å². The number of aryl methyl sites for hydroxylation is 1. The molecular formula is C16H18N8OS. The third-order valence-corrected chi connectivity index (χ3v) is 6.39. The Bertz CT molecular complexity index is 999. The molecule has 134 valence electrons. The SMILES string of the molecule is Cc1ncc(C(=O)N2C[C@@H]3CN(c4nccn5nnnc45)C[C@]3(C)C2)s1. The molecule has 0 bridgehead atoms. The summed E-state index contributed by atoms with van der Waals surface area (Å²) in [6, 6.07) is 0. The van der Waals surface area contributed by atoms with Gasteiger partial charge in [0.05, 0.1) is 17.4 Å². The Morgan fingerprint density at radius 1 is 1.31 bits per heavy atom. The highest BCUT2D eigenvalue weighted by Gasteiger charge is 2.51. The Morgan fingerprint density at radius 2 is 2.19 bits per heavy atom. The lowest BCUT2D eigenvalue weighted by molar-refractivity contribution is 0.0779. The van der Waals surface area contributed by atoms with E-state index in [1.165, 1.54) is 11.3 Å². The number of carbonyl (C=O) groups excluding carboxylic acids is 1. The zero-order valence-electron chi connectivity index (χ0n) is 14.5. The number of aromatic nitrogens is 6. The summed E-state index contributed by atoms with van der Waals surface area (Å²) in [5.74, 6) is 1.31. The number of rotatable bonds is 2. The fourth-order valence-corrected chi connectivity index (χ4v) is 4.91. The van der Waals surface area contributed by atoms with Crippen LogP contribution in [0.5, 0.6) is 0 Å². The van der Waals surface area contributed by atoms with Crippen LogP contribution in [0.25, 0.3) is 5.65 Å². The predicted octanol–water partition coefficient (Wildman–Crippen LogP) is 0.883. The first-order chi connectivity index (χ1) is 12.5. The number of thiazole rings is 1. The molecule has 26 heavy (non-hydrogen) atoms. The Hall–Kier alpha value is -2.62. The number of tetrazole rings is 1.